The Bertz CT molecular complexity index is 747. The molecule has 6 N–H and O–H groups in total. The molecule has 10 heteroatoms. The van der Waals surface area contributed by atoms with Crippen molar-refractivity contribution in [3.63, 3.8) is 0 Å². The van der Waals surface area contributed by atoms with Crippen molar-refractivity contribution in [2.24, 2.45) is 11.5 Å². The molecule has 0 heterocycles. The van der Waals surface area contributed by atoms with Crippen LogP contribution in [0.3, 0.4) is 0 Å². The highest BCUT2D eigenvalue weighted by atomic mass is 32.3. The van der Waals surface area contributed by atoms with Crippen molar-refractivity contribution in [1.29, 1.82) is 0 Å². The van der Waals surface area contributed by atoms with Gasteiger partial charge in [-0.2, -0.15) is 16.5 Å². The number of nitrogens with two attached hydrogens (primary N) is 2. The normalized spacial score (nSPS) is 13.9. The van der Waals surface area contributed by atoms with Gasteiger partial charge in [0.15, 0.2) is 0 Å². The molecular formula is C24H44FN3O4S2. The number of hydrogen-bond acceptors (Lipinski definition) is 6. The maximum atomic E-state index is 15.8. The second-order valence-corrected chi connectivity index (χ2v) is 14.1. The number of carbonyl (C=O) groups excluding carboxylic acids is 2. The van der Waals surface area contributed by atoms with Crippen molar-refractivity contribution in [1.82, 2.24) is 5.32 Å². The average molecular weight is 522 g/mol. The van der Waals surface area contributed by atoms with E-state index in [1.54, 1.807) is 38.2 Å². The molecule has 1 amide bonds. The topological polar surface area (TPSA) is 136 Å². The average Bonchev–Trinajstić information content (AvgIpc) is 2.72. The van der Waals surface area contributed by atoms with Gasteiger partial charge in [0.05, 0.1) is 6.04 Å². The number of primary amides is 1. The molecule has 0 aromatic heterocycles. The molecule has 1 aromatic carbocycles. The number of carboxylic acids is 1. The van der Waals surface area contributed by atoms with Gasteiger partial charge < -0.3 is 26.7 Å². The molecule has 1 aromatic rings. The van der Waals surface area contributed by atoms with E-state index in [0.717, 1.165) is 12.2 Å². The van der Waals surface area contributed by atoms with Gasteiger partial charge in [0.1, 0.15) is 12.3 Å². The Labute approximate surface area is 211 Å². The second-order valence-electron chi connectivity index (χ2n) is 9.69. The number of hydrogen-bond donors (Lipinski definition) is 5. The van der Waals surface area contributed by atoms with Crippen LogP contribution in [0.4, 0.5) is 3.89 Å². The molecular weight excluding hydrogens is 477 g/mol. The van der Waals surface area contributed by atoms with Crippen molar-refractivity contribution in [2.75, 3.05) is 12.8 Å². The predicted octanol–water partition coefficient (Wildman–Crippen LogP) is 4.33. The minimum Gasteiger partial charge on any atom is -0.480 e. The smallest absolute Gasteiger partial charge is 0.320 e. The summed E-state index contributed by atoms with van der Waals surface area (Å²) in [6, 6.07) is 5.91. The number of carboxylic acid groups (broad SMARTS) is 1. The monoisotopic (exact) mass is 521 g/mol. The lowest BCUT2D eigenvalue weighted by molar-refractivity contribution is -0.139. The van der Waals surface area contributed by atoms with Gasteiger partial charge in [-0.1, -0.05) is 10.4 Å². The van der Waals surface area contributed by atoms with E-state index >= 15 is 3.89 Å². The molecule has 0 aliphatic rings. The van der Waals surface area contributed by atoms with Crippen LogP contribution in [0.15, 0.2) is 29.2 Å². The fourth-order valence-corrected chi connectivity index (χ4v) is 7.06. The molecule has 0 aliphatic heterocycles. The lowest BCUT2D eigenvalue weighted by Crippen LogP contribution is -2.35. The molecule has 198 valence electrons. The van der Waals surface area contributed by atoms with Crippen LogP contribution in [0, 0.1) is 0 Å². The minimum absolute atomic E-state index is 0.296. The van der Waals surface area contributed by atoms with Crippen molar-refractivity contribution >= 4 is 41.2 Å². The van der Waals surface area contributed by atoms with Gasteiger partial charge in [0.25, 0.3) is 0 Å². The molecule has 1 rings (SSSR count). The van der Waals surface area contributed by atoms with Crippen molar-refractivity contribution < 1.29 is 23.4 Å². The molecule has 2 atom stereocenters. The highest BCUT2D eigenvalue weighted by Crippen LogP contribution is 2.73. The number of likely N-dealkylation sites (N-methyl/N-ethyl adjacent to an activating group) is 1. The molecule has 0 saturated heterocycles. The van der Waals surface area contributed by atoms with Gasteiger partial charge >= 0.3 is 5.97 Å². The lowest BCUT2D eigenvalue weighted by atomic mass is 10.2. The van der Waals surface area contributed by atoms with Gasteiger partial charge in [-0.25, -0.2) is 0 Å². The highest BCUT2D eigenvalue weighted by molar-refractivity contribution is 8.31. The van der Waals surface area contributed by atoms with Gasteiger partial charge in [-0.05, 0) is 98.4 Å². The number of aldehydes is 1. The summed E-state index contributed by atoms with van der Waals surface area (Å²) in [5.74, 6) is -0.535. The molecule has 0 radical (unpaired) electrons. The van der Waals surface area contributed by atoms with E-state index in [1.165, 1.54) is 0 Å². The number of carbonyl (C=O) groups is 3. The third kappa shape index (κ3) is 11.2. The Morgan fingerprint density at radius 1 is 1.15 bits per heavy atom. The zero-order valence-corrected chi connectivity index (χ0v) is 23.4. The maximum Gasteiger partial charge on any atom is 0.320 e. The summed E-state index contributed by atoms with van der Waals surface area (Å²) in [5, 5.41) is 11.2. The number of thiol groups is 1. The van der Waals surface area contributed by atoms with Crippen LogP contribution in [0.1, 0.15) is 71.7 Å². The first-order valence-corrected chi connectivity index (χ1v) is 13.2. The summed E-state index contributed by atoms with van der Waals surface area (Å²) in [5.41, 5.74) is 10.6. The van der Waals surface area contributed by atoms with Crippen molar-refractivity contribution in [3.8, 4) is 0 Å². The Morgan fingerprint density at radius 2 is 1.56 bits per heavy atom. The van der Waals surface area contributed by atoms with Crippen LogP contribution in [-0.4, -0.2) is 57.6 Å². The number of halogens is 1. The first-order chi connectivity index (χ1) is 15.4. The van der Waals surface area contributed by atoms with Gasteiger partial charge in [0, 0.05) is 20.0 Å². The summed E-state index contributed by atoms with van der Waals surface area (Å²) in [7, 11) is -0.895. The molecule has 34 heavy (non-hydrogen) atoms. The van der Waals surface area contributed by atoms with Crippen molar-refractivity contribution in [2.45, 2.75) is 87.8 Å². The van der Waals surface area contributed by atoms with E-state index in [9.17, 15) is 14.4 Å². The molecule has 0 unspecified atom stereocenters. The van der Waals surface area contributed by atoms with E-state index in [4.69, 9.17) is 16.6 Å². The predicted molar refractivity (Wildman–Crippen MR) is 145 cm³/mol. The Kier molecular flexibility index (Phi) is 15.6. The van der Waals surface area contributed by atoms with E-state index < -0.39 is 37.8 Å². The van der Waals surface area contributed by atoms with Crippen LogP contribution in [0.5, 0.6) is 0 Å². The summed E-state index contributed by atoms with van der Waals surface area (Å²) in [6.45, 7) is 13.2. The molecule has 0 saturated carbocycles. The Balaban J connectivity index is 0. The zero-order chi connectivity index (χ0) is 27.3. The number of benzene rings is 1. The van der Waals surface area contributed by atoms with E-state index in [2.05, 4.69) is 17.9 Å². The molecule has 0 bridgehead atoms. The van der Waals surface area contributed by atoms with Crippen molar-refractivity contribution in [3.05, 3.63) is 29.8 Å². The Hall–Kier alpha value is -1.62. The SMILES string of the molecule is CC(C)(C)S(F)(c1ccc(C(N)=O)cc1)C(C)(C)C.CN[C@H](CCCS)C(=O)O.C[C@H](N)C=O. The maximum absolute atomic E-state index is 15.8. The number of amides is 1. The number of rotatable bonds is 8. The summed E-state index contributed by atoms with van der Waals surface area (Å²) < 4.78 is 14.9. The molecule has 0 fully saturated rings. The van der Waals surface area contributed by atoms with Crippen LogP contribution in [0.2, 0.25) is 0 Å². The third-order valence-electron chi connectivity index (χ3n) is 4.66. The molecule has 0 aliphatic carbocycles. The fourth-order valence-electron chi connectivity index (χ4n) is 3.12. The minimum atomic E-state index is -2.54. The lowest BCUT2D eigenvalue weighted by Gasteiger charge is -2.52. The van der Waals surface area contributed by atoms with E-state index in [1.807, 2.05) is 41.5 Å². The Morgan fingerprint density at radius 3 is 1.79 bits per heavy atom. The van der Waals surface area contributed by atoms with Gasteiger partial charge in [-0.15, -0.1) is 0 Å². The van der Waals surface area contributed by atoms with Crippen LogP contribution < -0.4 is 16.8 Å². The van der Waals surface area contributed by atoms with Crippen LogP contribution in [-0.2, 0) is 9.59 Å². The number of aliphatic carboxylic acids is 1. The number of nitrogens with one attached hydrogen (secondary N) is 1. The molecule has 0 spiro atoms. The van der Waals surface area contributed by atoms with E-state index in [0.29, 0.717) is 23.2 Å². The van der Waals surface area contributed by atoms with Crippen LogP contribution >= 0.6 is 23.0 Å². The zero-order valence-electron chi connectivity index (χ0n) is 21.7. The fraction of sp³-hybridized carbons (Fsp3) is 0.625. The summed E-state index contributed by atoms with van der Waals surface area (Å²) in [4.78, 5) is 31.5. The summed E-state index contributed by atoms with van der Waals surface area (Å²) >= 11 is 3.98. The largest absolute Gasteiger partial charge is 0.480 e. The third-order valence-corrected chi connectivity index (χ3v) is 9.28. The van der Waals surface area contributed by atoms with E-state index in [-0.39, 0.29) is 6.04 Å². The first kappa shape index (κ1) is 34.5. The van der Waals surface area contributed by atoms with Crippen LogP contribution in [0.25, 0.3) is 0 Å². The highest BCUT2D eigenvalue weighted by Gasteiger charge is 2.47. The standard InChI is InChI=1S/C15H24FNOS.C6H13NO2S.C3H7NO/c1-14(2,3)19(16,15(4,5)6)12-9-7-11(8-10-12)13(17)18;1-7-5(6(8)9)3-2-4-10;1-3(4)2-5/h7-10H,1-6H3,(H2,17,18);5,7,10H,2-4H2,1H3,(H,8,9);2-3H,4H2,1H3/t;5-;3-/m.10/s1. The second kappa shape index (κ2) is 15.4. The quantitative estimate of drug-likeness (QED) is 0.255. The van der Waals surface area contributed by atoms with Gasteiger partial charge in [0.2, 0.25) is 5.91 Å². The first-order valence-electron chi connectivity index (χ1n) is 11.0. The molecule has 7 nitrogen and oxygen atoms in total. The summed E-state index contributed by atoms with van der Waals surface area (Å²) in [6.07, 6.45) is 2.18. The van der Waals surface area contributed by atoms with Gasteiger partial charge in [-0.3, -0.25) is 9.59 Å².